The second-order valence-corrected chi connectivity index (χ2v) is 5.56. The molecule has 3 rings (SSSR count). The minimum absolute atomic E-state index is 0.321. The summed E-state index contributed by atoms with van der Waals surface area (Å²) in [7, 11) is 1.72. The maximum Gasteiger partial charge on any atom is 0.331 e. The van der Waals surface area contributed by atoms with Crippen molar-refractivity contribution < 1.29 is 4.79 Å². The Labute approximate surface area is 143 Å². The van der Waals surface area contributed by atoms with E-state index in [-0.39, 0.29) is 6.54 Å². The summed E-state index contributed by atoms with van der Waals surface area (Å²) in [5, 5.41) is 6.58. The van der Waals surface area contributed by atoms with E-state index in [1.54, 1.807) is 19.3 Å². The van der Waals surface area contributed by atoms with Crippen molar-refractivity contribution in [2.24, 2.45) is 7.05 Å². The second kappa shape index (κ2) is 7.00. The number of benzene rings is 1. The number of nitrogens with zero attached hydrogens (tertiary/aromatic N) is 4. The van der Waals surface area contributed by atoms with Gasteiger partial charge in [-0.3, -0.25) is 23.4 Å². The van der Waals surface area contributed by atoms with Gasteiger partial charge in [-0.2, -0.15) is 5.10 Å². The van der Waals surface area contributed by atoms with Crippen molar-refractivity contribution in [2.75, 3.05) is 5.32 Å². The standard InChI is InChI=1S/C17H17N5O3/c1-20-9-7-14(19-20)18-15(23)12-22-16(24)8-10-21(17(22)25)11-13-5-3-2-4-6-13/h2-10H,11-12H2,1H3,(H,18,19,23). The van der Waals surface area contributed by atoms with Gasteiger partial charge in [-0.05, 0) is 5.56 Å². The molecule has 1 aromatic carbocycles. The number of rotatable bonds is 5. The first-order valence-corrected chi connectivity index (χ1v) is 7.66. The highest BCUT2D eigenvalue weighted by Crippen LogP contribution is 2.01. The van der Waals surface area contributed by atoms with Gasteiger partial charge < -0.3 is 5.32 Å². The van der Waals surface area contributed by atoms with Crippen molar-refractivity contribution in [1.29, 1.82) is 0 Å². The van der Waals surface area contributed by atoms with Gasteiger partial charge >= 0.3 is 5.69 Å². The number of amides is 1. The summed E-state index contributed by atoms with van der Waals surface area (Å²) in [6.07, 6.45) is 3.11. The summed E-state index contributed by atoms with van der Waals surface area (Å²) in [6.45, 7) is -0.0499. The molecule has 0 fully saturated rings. The average molecular weight is 339 g/mol. The van der Waals surface area contributed by atoms with Crippen molar-refractivity contribution >= 4 is 11.7 Å². The van der Waals surface area contributed by atoms with E-state index in [9.17, 15) is 14.4 Å². The van der Waals surface area contributed by atoms with Crippen LogP contribution in [0, 0.1) is 0 Å². The molecule has 0 spiro atoms. The molecule has 0 atom stereocenters. The van der Waals surface area contributed by atoms with Gasteiger partial charge in [-0.1, -0.05) is 30.3 Å². The summed E-state index contributed by atoms with van der Waals surface area (Å²) >= 11 is 0. The number of hydrogen-bond donors (Lipinski definition) is 1. The third-order valence-electron chi connectivity index (χ3n) is 3.62. The van der Waals surface area contributed by atoms with E-state index in [0.717, 1.165) is 10.1 Å². The molecule has 2 heterocycles. The fourth-order valence-corrected chi connectivity index (χ4v) is 2.41. The zero-order valence-electron chi connectivity index (χ0n) is 13.6. The molecule has 1 N–H and O–H groups in total. The third-order valence-corrected chi connectivity index (χ3v) is 3.62. The minimum Gasteiger partial charge on any atom is -0.308 e. The van der Waals surface area contributed by atoms with Crippen LogP contribution in [0.2, 0.25) is 0 Å². The minimum atomic E-state index is -0.535. The molecule has 0 saturated carbocycles. The van der Waals surface area contributed by atoms with Crippen LogP contribution < -0.4 is 16.6 Å². The number of nitrogens with one attached hydrogen (secondary N) is 1. The van der Waals surface area contributed by atoms with Gasteiger partial charge in [0, 0.05) is 31.6 Å². The van der Waals surface area contributed by atoms with Gasteiger partial charge in [0.25, 0.3) is 5.56 Å². The predicted octanol–water partition coefficient (Wildman–Crippen LogP) is 0.430. The van der Waals surface area contributed by atoms with Crippen molar-refractivity contribution in [3.05, 3.63) is 81.3 Å². The van der Waals surface area contributed by atoms with Crippen LogP contribution in [-0.2, 0) is 24.9 Å². The zero-order valence-corrected chi connectivity index (χ0v) is 13.6. The Morgan fingerprint density at radius 3 is 2.52 bits per heavy atom. The van der Waals surface area contributed by atoms with Gasteiger partial charge in [0.05, 0.1) is 6.54 Å². The molecular formula is C17H17N5O3. The van der Waals surface area contributed by atoms with Crippen LogP contribution in [0.25, 0.3) is 0 Å². The lowest BCUT2D eigenvalue weighted by molar-refractivity contribution is -0.116. The molecule has 8 heteroatoms. The molecule has 128 valence electrons. The summed E-state index contributed by atoms with van der Waals surface area (Å²) in [6, 6.07) is 12.3. The number of carbonyl (C=O) groups is 1. The van der Waals surface area contributed by atoms with Crippen LogP contribution in [0.4, 0.5) is 5.82 Å². The zero-order chi connectivity index (χ0) is 17.8. The highest BCUT2D eigenvalue weighted by molar-refractivity contribution is 5.89. The Bertz CT molecular complexity index is 1000. The fourth-order valence-electron chi connectivity index (χ4n) is 2.41. The molecule has 1 amide bonds. The van der Waals surface area contributed by atoms with Crippen molar-refractivity contribution in [3.63, 3.8) is 0 Å². The number of aromatic nitrogens is 4. The predicted molar refractivity (Wildman–Crippen MR) is 92.3 cm³/mol. The first-order chi connectivity index (χ1) is 12.0. The lowest BCUT2D eigenvalue weighted by atomic mass is 10.2. The molecule has 8 nitrogen and oxygen atoms in total. The smallest absolute Gasteiger partial charge is 0.308 e. The molecule has 0 aliphatic carbocycles. The molecule has 25 heavy (non-hydrogen) atoms. The van der Waals surface area contributed by atoms with Gasteiger partial charge in [0.15, 0.2) is 5.82 Å². The quantitative estimate of drug-likeness (QED) is 0.730. The van der Waals surface area contributed by atoms with Crippen molar-refractivity contribution in [3.8, 4) is 0 Å². The Hall–Kier alpha value is -3.42. The van der Waals surface area contributed by atoms with E-state index in [0.29, 0.717) is 12.4 Å². The molecule has 0 radical (unpaired) electrons. The summed E-state index contributed by atoms with van der Waals surface area (Å²) in [4.78, 5) is 36.6. The molecule has 0 unspecified atom stereocenters. The molecule has 0 saturated heterocycles. The molecular weight excluding hydrogens is 322 g/mol. The van der Waals surface area contributed by atoms with Crippen LogP contribution in [0.3, 0.4) is 0 Å². The maximum atomic E-state index is 12.5. The third kappa shape index (κ3) is 3.92. The van der Waals surface area contributed by atoms with E-state index in [2.05, 4.69) is 10.4 Å². The number of carbonyl (C=O) groups excluding carboxylic acids is 1. The lowest BCUT2D eigenvalue weighted by Crippen LogP contribution is -2.41. The summed E-state index contributed by atoms with van der Waals surface area (Å²) in [5.74, 6) is -0.128. The summed E-state index contributed by atoms with van der Waals surface area (Å²) < 4.78 is 3.84. The monoisotopic (exact) mass is 339 g/mol. The van der Waals surface area contributed by atoms with E-state index >= 15 is 0 Å². The molecule has 0 aliphatic heterocycles. The molecule has 0 aliphatic rings. The lowest BCUT2D eigenvalue weighted by Gasteiger charge is -2.09. The van der Waals surface area contributed by atoms with E-state index in [1.807, 2.05) is 30.3 Å². The molecule has 3 aromatic rings. The van der Waals surface area contributed by atoms with Crippen LogP contribution in [0.15, 0.2) is 64.4 Å². The largest absolute Gasteiger partial charge is 0.331 e. The van der Waals surface area contributed by atoms with Crippen LogP contribution in [0.5, 0.6) is 0 Å². The van der Waals surface area contributed by atoms with Crippen LogP contribution in [-0.4, -0.2) is 24.8 Å². The van der Waals surface area contributed by atoms with Gasteiger partial charge in [-0.25, -0.2) is 4.79 Å². The number of hydrogen-bond acceptors (Lipinski definition) is 4. The highest BCUT2D eigenvalue weighted by Gasteiger charge is 2.11. The average Bonchev–Trinajstić information content (AvgIpc) is 3.00. The topological polar surface area (TPSA) is 90.9 Å². The SMILES string of the molecule is Cn1ccc(NC(=O)Cn2c(=O)ccn(Cc3ccccc3)c2=O)n1. The highest BCUT2D eigenvalue weighted by atomic mass is 16.2. The van der Waals surface area contributed by atoms with E-state index in [1.165, 1.54) is 21.5 Å². The number of anilines is 1. The van der Waals surface area contributed by atoms with Crippen molar-refractivity contribution in [1.82, 2.24) is 18.9 Å². The Morgan fingerprint density at radius 2 is 1.84 bits per heavy atom. The van der Waals surface area contributed by atoms with E-state index < -0.39 is 17.2 Å². The first kappa shape index (κ1) is 16.4. The second-order valence-electron chi connectivity index (χ2n) is 5.56. The normalized spacial score (nSPS) is 10.6. The first-order valence-electron chi connectivity index (χ1n) is 7.66. The van der Waals surface area contributed by atoms with Crippen LogP contribution >= 0.6 is 0 Å². The van der Waals surface area contributed by atoms with Crippen LogP contribution in [0.1, 0.15) is 5.56 Å². The van der Waals surface area contributed by atoms with Gasteiger partial charge in [0.1, 0.15) is 6.54 Å². The Balaban J connectivity index is 1.81. The van der Waals surface area contributed by atoms with Crippen molar-refractivity contribution in [2.45, 2.75) is 13.1 Å². The van der Waals surface area contributed by atoms with Gasteiger partial charge in [-0.15, -0.1) is 0 Å². The fraction of sp³-hybridized carbons (Fsp3) is 0.176. The Kier molecular flexibility index (Phi) is 4.60. The number of aryl methyl sites for hydroxylation is 1. The summed E-state index contributed by atoms with van der Waals surface area (Å²) in [5.41, 5.74) is -0.134. The molecule has 0 bridgehead atoms. The van der Waals surface area contributed by atoms with E-state index in [4.69, 9.17) is 0 Å². The maximum absolute atomic E-state index is 12.5. The molecule has 2 aromatic heterocycles. The Morgan fingerprint density at radius 1 is 1.08 bits per heavy atom. The van der Waals surface area contributed by atoms with Gasteiger partial charge in [0.2, 0.25) is 5.91 Å².